The van der Waals surface area contributed by atoms with Crippen LogP contribution in [0.25, 0.3) is 10.6 Å². The second-order valence-corrected chi connectivity index (χ2v) is 9.08. The zero-order valence-corrected chi connectivity index (χ0v) is 18.9. The van der Waals surface area contributed by atoms with E-state index in [9.17, 15) is 0 Å². The largest absolute Gasteiger partial charge is 0.496 e. The summed E-state index contributed by atoms with van der Waals surface area (Å²) in [6.45, 7) is 2.67. The molecule has 0 radical (unpaired) electrons. The SMILES string of the molecule is COc1ccccc1-c1nc(CSc2nnc(N3CCCC3)n2Cc2ccco2)cs1. The molecule has 0 unspecified atom stereocenters. The van der Waals surface area contributed by atoms with Crippen LogP contribution in [-0.2, 0) is 12.3 Å². The van der Waals surface area contributed by atoms with Gasteiger partial charge in [0.05, 0.1) is 31.2 Å². The summed E-state index contributed by atoms with van der Waals surface area (Å²) < 4.78 is 13.2. The normalized spacial score (nSPS) is 13.8. The van der Waals surface area contributed by atoms with Gasteiger partial charge in [-0.1, -0.05) is 23.9 Å². The first kappa shape index (κ1) is 20.1. The molecule has 1 aliphatic heterocycles. The van der Waals surface area contributed by atoms with Gasteiger partial charge in [0.2, 0.25) is 5.95 Å². The lowest BCUT2D eigenvalue weighted by molar-refractivity contribution is 0.416. The number of ether oxygens (including phenoxy) is 1. The van der Waals surface area contributed by atoms with Crippen LogP contribution in [0, 0.1) is 0 Å². The van der Waals surface area contributed by atoms with E-state index in [2.05, 4.69) is 25.0 Å². The van der Waals surface area contributed by atoms with Crippen molar-refractivity contribution in [2.24, 2.45) is 0 Å². The number of thioether (sulfide) groups is 1. The number of anilines is 1. The van der Waals surface area contributed by atoms with Gasteiger partial charge in [0.25, 0.3) is 0 Å². The number of aromatic nitrogens is 4. The third kappa shape index (κ3) is 4.33. The van der Waals surface area contributed by atoms with Crippen LogP contribution in [0.4, 0.5) is 5.95 Å². The number of hydrogen-bond donors (Lipinski definition) is 0. The predicted octanol–water partition coefficient (Wildman–Crippen LogP) is 4.94. The molecule has 0 spiro atoms. The van der Waals surface area contributed by atoms with Gasteiger partial charge in [0, 0.05) is 24.2 Å². The van der Waals surface area contributed by atoms with Crippen LogP contribution in [0.5, 0.6) is 5.75 Å². The first-order chi connectivity index (χ1) is 15.3. The van der Waals surface area contributed by atoms with Gasteiger partial charge < -0.3 is 14.1 Å². The summed E-state index contributed by atoms with van der Waals surface area (Å²) in [5.41, 5.74) is 2.04. The van der Waals surface area contributed by atoms with E-state index in [0.29, 0.717) is 6.54 Å². The lowest BCUT2D eigenvalue weighted by atomic mass is 10.2. The molecule has 7 nitrogen and oxygen atoms in total. The summed E-state index contributed by atoms with van der Waals surface area (Å²) in [4.78, 5) is 7.13. The van der Waals surface area contributed by atoms with Crippen molar-refractivity contribution >= 4 is 29.0 Å². The zero-order valence-electron chi connectivity index (χ0n) is 17.2. The molecule has 5 rings (SSSR count). The van der Waals surface area contributed by atoms with E-state index < -0.39 is 0 Å². The van der Waals surface area contributed by atoms with Crippen molar-refractivity contribution in [2.45, 2.75) is 30.3 Å². The van der Waals surface area contributed by atoms with Crippen LogP contribution >= 0.6 is 23.1 Å². The molecule has 0 saturated carbocycles. The zero-order chi connectivity index (χ0) is 21.0. The fourth-order valence-corrected chi connectivity index (χ4v) is 5.47. The molecule has 3 aromatic heterocycles. The van der Waals surface area contributed by atoms with Crippen molar-refractivity contribution in [2.75, 3.05) is 25.1 Å². The van der Waals surface area contributed by atoms with Crippen LogP contribution in [0.1, 0.15) is 24.3 Å². The molecule has 0 bridgehead atoms. The van der Waals surface area contributed by atoms with E-state index in [-0.39, 0.29) is 0 Å². The molecule has 0 aliphatic carbocycles. The topological polar surface area (TPSA) is 69.2 Å². The lowest BCUT2D eigenvalue weighted by Gasteiger charge is -2.17. The highest BCUT2D eigenvalue weighted by atomic mass is 32.2. The van der Waals surface area contributed by atoms with Crippen molar-refractivity contribution in [1.29, 1.82) is 0 Å². The average Bonchev–Trinajstić information content (AvgIpc) is 3.60. The second-order valence-electron chi connectivity index (χ2n) is 7.28. The number of para-hydroxylation sites is 1. The summed E-state index contributed by atoms with van der Waals surface area (Å²) in [5, 5.41) is 12.9. The van der Waals surface area contributed by atoms with E-state index in [1.165, 1.54) is 12.8 Å². The Morgan fingerprint density at radius 2 is 2.00 bits per heavy atom. The van der Waals surface area contributed by atoms with Crippen molar-refractivity contribution < 1.29 is 9.15 Å². The molecule has 160 valence electrons. The number of benzene rings is 1. The van der Waals surface area contributed by atoms with Crippen LogP contribution in [-0.4, -0.2) is 39.9 Å². The number of rotatable bonds is 8. The minimum absolute atomic E-state index is 0.623. The molecule has 9 heteroatoms. The van der Waals surface area contributed by atoms with E-state index in [1.807, 2.05) is 36.4 Å². The fraction of sp³-hybridized carbons (Fsp3) is 0.318. The minimum Gasteiger partial charge on any atom is -0.496 e. The van der Waals surface area contributed by atoms with Gasteiger partial charge in [-0.25, -0.2) is 4.98 Å². The Labute approximate surface area is 189 Å². The minimum atomic E-state index is 0.623. The highest BCUT2D eigenvalue weighted by Crippen LogP contribution is 2.34. The van der Waals surface area contributed by atoms with Gasteiger partial charge in [0.15, 0.2) is 5.16 Å². The Bertz CT molecular complexity index is 1130. The Kier molecular flexibility index (Phi) is 5.95. The molecule has 31 heavy (non-hydrogen) atoms. The molecule has 1 saturated heterocycles. The van der Waals surface area contributed by atoms with Crippen LogP contribution in [0.2, 0.25) is 0 Å². The van der Waals surface area contributed by atoms with Gasteiger partial charge >= 0.3 is 0 Å². The smallest absolute Gasteiger partial charge is 0.228 e. The summed E-state index contributed by atoms with van der Waals surface area (Å²) in [6, 6.07) is 11.9. The second kappa shape index (κ2) is 9.15. The quantitative estimate of drug-likeness (QED) is 0.350. The first-order valence-electron chi connectivity index (χ1n) is 10.2. The maximum Gasteiger partial charge on any atom is 0.228 e. The van der Waals surface area contributed by atoms with Crippen LogP contribution in [0.15, 0.2) is 57.6 Å². The van der Waals surface area contributed by atoms with Crippen LogP contribution < -0.4 is 9.64 Å². The highest BCUT2D eigenvalue weighted by Gasteiger charge is 2.22. The van der Waals surface area contributed by atoms with E-state index in [0.717, 1.165) is 57.7 Å². The van der Waals surface area contributed by atoms with E-state index >= 15 is 0 Å². The molecule has 4 aromatic rings. The van der Waals surface area contributed by atoms with Crippen molar-refractivity contribution in [1.82, 2.24) is 19.7 Å². The van der Waals surface area contributed by atoms with E-state index in [1.54, 1.807) is 36.5 Å². The summed E-state index contributed by atoms with van der Waals surface area (Å²) in [6.07, 6.45) is 4.10. The molecule has 4 heterocycles. The maximum atomic E-state index is 5.59. The molecule has 1 aromatic carbocycles. The molecule has 0 N–H and O–H groups in total. The Hall–Kier alpha value is -2.78. The number of furan rings is 1. The number of methoxy groups -OCH3 is 1. The van der Waals surface area contributed by atoms with Crippen LogP contribution in [0.3, 0.4) is 0 Å². The van der Waals surface area contributed by atoms with E-state index in [4.69, 9.17) is 14.1 Å². The number of thiazole rings is 1. The molecule has 0 atom stereocenters. The molecule has 1 fully saturated rings. The van der Waals surface area contributed by atoms with Crippen molar-refractivity contribution in [3.8, 4) is 16.3 Å². The highest BCUT2D eigenvalue weighted by molar-refractivity contribution is 7.98. The number of hydrogen-bond acceptors (Lipinski definition) is 8. The van der Waals surface area contributed by atoms with Gasteiger partial charge in [-0.05, 0) is 37.1 Å². The maximum absolute atomic E-state index is 5.59. The third-order valence-corrected chi connectivity index (χ3v) is 7.14. The summed E-state index contributed by atoms with van der Waals surface area (Å²) in [7, 11) is 1.69. The van der Waals surface area contributed by atoms with Gasteiger partial charge in [-0.15, -0.1) is 21.5 Å². The van der Waals surface area contributed by atoms with Crippen molar-refractivity contribution in [3.63, 3.8) is 0 Å². The Morgan fingerprint density at radius 3 is 2.81 bits per heavy atom. The third-order valence-electron chi connectivity index (χ3n) is 5.22. The van der Waals surface area contributed by atoms with Gasteiger partial charge in [-0.2, -0.15) is 0 Å². The molecular formula is C22H23N5O2S2. The fourth-order valence-electron chi connectivity index (χ4n) is 3.69. The Balaban J connectivity index is 1.35. The average molecular weight is 454 g/mol. The molecule has 1 aliphatic rings. The Morgan fingerprint density at radius 1 is 1.13 bits per heavy atom. The molecular weight excluding hydrogens is 430 g/mol. The molecule has 0 amide bonds. The van der Waals surface area contributed by atoms with Gasteiger partial charge in [-0.3, -0.25) is 4.57 Å². The summed E-state index contributed by atoms with van der Waals surface area (Å²) >= 11 is 3.28. The lowest BCUT2D eigenvalue weighted by Crippen LogP contribution is -2.22. The monoisotopic (exact) mass is 453 g/mol. The van der Waals surface area contributed by atoms with Crippen molar-refractivity contribution in [3.05, 3.63) is 59.5 Å². The van der Waals surface area contributed by atoms with Gasteiger partial charge in [0.1, 0.15) is 16.5 Å². The number of nitrogens with zero attached hydrogens (tertiary/aromatic N) is 5. The predicted molar refractivity (Wildman–Crippen MR) is 123 cm³/mol. The standard InChI is InChI=1S/C22H23N5O2S2/c1-28-19-9-3-2-8-18(19)20-23-16(14-30-20)15-31-22-25-24-21(26-10-4-5-11-26)27(22)13-17-7-6-12-29-17/h2-3,6-9,12,14H,4-5,10-11,13,15H2,1H3. The first-order valence-corrected chi connectivity index (χ1v) is 12.1. The summed E-state index contributed by atoms with van der Waals surface area (Å²) in [5.74, 6) is 3.38.